The highest BCUT2D eigenvalue weighted by Crippen LogP contribution is 2.24. The van der Waals surface area contributed by atoms with E-state index in [-0.39, 0.29) is 0 Å². The number of fused-ring (bicyclic) bond motifs is 1. The summed E-state index contributed by atoms with van der Waals surface area (Å²) < 4.78 is 13.7. The molecule has 5 nitrogen and oxygen atoms in total. The van der Waals surface area contributed by atoms with Gasteiger partial charge in [-0.05, 0) is 31.3 Å². The molecule has 1 fully saturated rings. The van der Waals surface area contributed by atoms with Crippen LogP contribution in [0.1, 0.15) is 13.0 Å². The maximum Gasteiger partial charge on any atom is 0.178 e. The van der Waals surface area contributed by atoms with E-state index in [9.17, 15) is 0 Å². The number of methoxy groups -OCH3 is 1. The zero-order valence-electron chi connectivity index (χ0n) is 12.5. The molecule has 6 heteroatoms. The van der Waals surface area contributed by atoms with E-state index in [4.69, 9.17) is 21.7 Å². The molecule has 0 amide bonds. The van der Waals surface area contributed by atoms with Crippen molar-refractivity contribution >= 4 is 23.3 Å². The van der Waals surface area contributed by atoms with E-state index in [0.717, 1.165) is 54.4 Å². The van der Waals surface area contributed by atoms with E-state index in [1.807, 2.05) is 18.2 Å². The van der Waals surface area contributed by atoms with Crippen LogP contribution >= 0.6 is 12.2 Å². The number of H-pyrrole nitrogens is 1. The summed E-state index contributed by atoms with van der Waals surface area (Å²) in [6.07, 6.45) is 0. The molecule has 1 aliphatic heterocycles. The van der Waals surface area contributed by atoms with Gasteiger partial charge in [-0.15, -0.1) is 0 Å². The number of benzene rings is 1. The number of nitrogens with zero attached hydrogens (tertiary/aromatic N) is 2. The predicted octanol–water partition coefficient (Wildman–Crippen LogP) is 2.60. The number of aromatic amines is 1. The zero-order chi connectivity index (χ0) is 14.8. The fourth-order valence-electron chi connectivity index (χ4n) is 2.90. The van der Waals surface area contributed by atoms with Crippen LogP contribution in [0, 0.1) is 4.77 Å². The number of ether oxygens (including phenoxy) is 2. The third-order valence-electron chi connectivity index (χ3n) is 3.99. The van der Waals surface area contributed by atoms with Gasteiger partial charge in [0.2, 0.25) is 0 Å². The second-order valence-electron chi connectivity index (χ2n) is 5.45. The van der Waals surface area contributed by atoms with Crippen LogP contribution in [0.2, 0.25) is 0 Å². The van der Waals surface area contributed by atoms with Gasteiger partial charge in [0.25, 0.3) is 0 Å². The molecule has 1 aromatic heterocycles. The van der Waals surface area contributed by atoms with Gasteiger partial charge in [0.1, 0.15) is 5.75 Å². The molecule has 0 aliphatic carbocycles. The fourth-order valence-corrected chi connectivity index (χ4v) is 3.29. The summed E-state index contributed by atoms with van der Waals surface area (Å²) in [6.45, 7) is 6.80. The molecule has 1 N–H and O–H groups in total. The van der Waals surface area contributed by atoms with Gasteiger partial charge in [-0.1, -0.05) is 0 Å². The molecule has 2 heterocycles. The van der Waals surface area contributed by atoms with Gasteiger partial charge in [-0.25, -0.2) is 0 Å². The summed E-state index contributed by atoms with van der Waals surface area (Å²) in [5.74, 6) is 0.851. The minimum atomic E-state index is 0.302. The number of aromatic nitrogens is 2. The Morgan fingerprint density at radius 2 is 2.14 bits per heavy atom. The highest BCUT2D eigenvalue weighted by atomic mass is 32.1. The first kappa shape index (κ1) is 14.6. The van der Waals surface area contributed by atoms with Gasteiger partial charge >= 0.3 is 0 Å². The SMILES string of the molecule is COc1ccc2[nH]c(=S)n(C(C)CN3CCOCC3)c2c1. The number of imidazole rings is 1. The van der Waals surface area contributed by atoms with Crippen molar-refractivity contribution in [2.45, 2.75) is 13.0 Å². The average Bonchev–Trinajstić information content (AvgIpc) is 2.83. The molecule has 1 aromatic carbocycles. The first-order valence-corrected chi connectivity index (χ1v) is 7.68. The van der Waals surface area contributed by atoms with Crippen molar-refractivity contribution in [2.75, 3.05) is 40.0 Å². The summed E-state index contributed by atoms with van der Waals surface area (Å²) in [5, 5.41) is 0. The lowest BCUT2D eigenvalue weighted by atomic mass is 10.2. The van der Waals surface area contributed by atoms with Gasteiger partial charge in [0.05, 0.1) is 31.4 Å². The van der Waals surface area contributed by atoms with Crippen molar-refractivity contribution < 1.29 is 9.47 Å². The van der Waals surface area contributed by atoms with Gasteiger partial charge in [-0.3, -0.25) is 4.90 Å². The molecule has 0 spiro atoms. The molecule has 1 saturated heterocycles. The molecule has 21 heavy (non-hydrogen) atoms. The minimum absolute atomic E-state index is 0.302. The van der Waals surface area contributed by atoms with Gasteiger partial charge in [0, 0.05) is 31.7 Å². The molecule has 2 aromatic rings. The summed E-state index contributed by atoms with van der Waals surface area (Å²) in [7, 11) is 1.68. The monoisotopic (exact) mass is 307 g/mol. The zero-order valence-corrected chi connectivity index (χ0v) is 13.3. The molecule has 0 saturated carbocycles. The Balaban J connectivity index is 1.90. The van der Waals surface area contributed by atoms with Gasteiger partial charge in [-0.2, -0.15) is 0 Å². The van der Waals surface area contributed by atoms with Crippen LogP contribution < -0.4 is 4.74 Å². The number of hydrogen-bond acceptors (Lipinski definition) is 4. The Morgan fingerprint density at radius 3 is 2.86 bits per heavy atom. The van der Waals surface area contributed by atoms with E-state index >= 15 is 0 Å². The van der Waals surface area contributed by atoms with Gasteiger partial charge in [0.15, 0.2) is 4.77 Å². The summed E-state index contributed by atoms with van der Waals surface area (Å²) in [5.41, 5.74) is 2.15. The predicted molar refractivity (Wildman–Crippen MR) is 85.6 cm³/mol. The Kier molecular flexibility index (Phi) is 4.28. The molecule has 0 bridgehead atoms. The fraction of sp³-hybridized carbons (Fsp3) is 0.533. The quantitative estimate of drug-likeness (QED) is 0.882. The smallest absolute Gasteiger partial charge is 0.178 e. The first-order chi connectivity index (χ1) is 10.2. The van der Waals surface area contributed by atoms with E-state index in [1.54, 1.807) is 7.11 Å². The lowest BCUT2D eigenvalue weighted by Crippen LogP contribution is -2.39. The maximum absolute atomic E-state index is 5.50. The third kappa shape index (κ3) is 2.97. The lowest BCUT2D eigenvalue weighted by molar-refractivity contribution is 0.0327. The molecular formula is C15H21N3O2S. The maximum atomic E-state index is 5.50. The molecule has 1 atom stereocenters. The third-order valence-corrected chi connectivity index (χ3v) is 4.29. The van der Waals surface area contributed by atoms with E-state index in [1.165, 1.54) is 0 Å². The van der Waals surface area contributed by atoms with Crippen molar-refractivity contribution in [2.24, 2.45) is 0 Å². The topological polar surface area (TPSA) is 42.4 Å². The summed E-state index contributed by atoms with van der Waals surface area (Å²) in [6, 6.07) is 6.31. The van der Waals surface area contributed by atoms with Crippen molar-refractivity contribution in [1.82, 2.24) is 14.5 Å². The lowest BCUT2D eigenvalue weighted by Gasteiger charge is -2.29. The van der Waals surface area contributed by atoms with E-state index < -0.39 is 0 Å². The highest BCUT2D eigenvalue weighted by Gasteiger charge is 2.17. The number of hydrogen-bond donors (Lipinski definition) is 1. The van der Waals surface area contributed by atoms with Crippen LogP contribution in [0.4, 0.5) is 0 Å². The second-order valence-corrected chi connectivity index (χ2v) is 5.83. The molecular weight excluding hydrogens is 286 g/mol. The van der Waals surface area contributed by atoms with Crippen molar-refractivity contribution in [3.63, 3.8) is 0 Å². The molecule has 114 valence electrons. The Labute approximate surface area is 129 Å². The average molecular weight is 307 g/mol. The summed E-state index contributed by atoms with van der Waals surface area (Å²) in [4.78, 5) is 5.70. The number of rotatable bonds is 4. The van der Waals surface area contributed by atoms with Crippen molar-refractivity contribution in [1.29, 1.82) is 0 Å². The van der Waals surface area contributed by atoms with Crippen LogP contribution in [0.25, 0.3) is 11.0 Å². The van der Waals surface area contributed by atoms with Crippen LogP contribution in [0.5, 0.6) is 5.75 Å². The van der Waals surface area contributed by atoms with Crippen LogP contribution in [-0.2, 0) is 4.74 Å². The van der Waals surface area contributed by atoms with E-state index in [2.05, 4.69) is 21.4 Å². The number of morpholine rings is 1. The van der Waals surface area contributed by atoms with Crippen LogP contribution in [0.15, 0.2) is 18.2 Å². The highest BCUT2D eigenvalue weighted by molar-refractivity contribution is 7.71. The van der Waals surface area contributed by atoms with Gasteiger partial charge < -0.3 is 19.0 Å². The minimum Gasteiger partial charge on any atom is -0.497 e. The molecule has 1 aliphatic rings. The Hall–Kier alpha value is -1.37. The summed E-state index contributed by atoms with van der Waals surface area (Å²) >= 11 is 5.50. The van der Waals surface area contributed by atoms with Crippen molar-refractivity contribution in [3.05, 3.63) is 23.0 Å². The van der Waals surface area contributed by atoms with Crippen LogP contribution in [0.3, 0.4) is 0 Å². The number of nitrogens with one attached hydrogen (secondary N) is 1. The van der Waals surface area contributed by atoms with E-state index in [0.29, 0.717) is 6.04 Å². The molecule has 3 rings (SSSR count). The van der Waals surface area contributed by atoms with Crippen molar-refractivity contribution in [3.8, 4) is 5.75 Å². The van der Waals surface area contributed by atoms with Crippen LogP contribution in [-0.4, -0.2) is 54.4 Å². The Bertz CT molecular complexity index is 673. The Morgan fingerprint density at radius 1 is 1.38 bits per heavy atom. The second kappa shape index (κ2) is 6.17. The molecule has 1 unspecified atom stereocenters. The largest absolute Gasteiger partial charge is 0.497 e. The molecule has 0 radical (unpaired) electrons. The first-order valence-electron chi connectivity index (χ1n) is 7.27. The normalized spacial score (nSPS) is 18.0. The standard InChI is InChI=1S/C15H21N3O2S/c1-11(10-17-5-7-20-8-6-17)18-14-9-12(19-2)3-4-13(14)16-15(18)21/h3-4,9,11H,5-8,10H2,1-2H3,(H,16,21).